The van der Waals surface area contributed by atoms with Gasteiger partial charge in [-0.25, -0.2) is 0 Å². The Bertz CT molecular complexity index is 365. The van der Waals surface area contributed by atoms with Crippen LogP contribution in [0.25, 0.3) is 0 Å². The molecule has 1 aliphatic heterocycles. The molecule has 0 spiro atoms. The largest absolute Gasteiger partial charge is 0.370 e. The summed E-state index contributed by atoms with van der Waals surface area (Å²) in [6.07, 6.45) is 0. The number of hydrogen-bond acceptors (Lipinski definition) is 3. The van der Waals surface area contributed by atoms with Crippen LogP contribution in [0.2, 0.25) is 0 Å². The molecule has 1 atom stereocenters. The van der Waals surface area contributed by atoms with E-state index in [4.69, 9.17) is 5.73 Å². The molecule has 1 saturated heterocycles. The monoisotopic (exact) mass is 238 g/mol. The number of benzene rings is 1. The van der Waals surface area contributed by atoms with Gasteiger partial charge in [-0.1, -0.05) is 12.1 Å². The van der Waals surface area contributed by atoms with Gasteiger partial charge in [0.2, 0.25) is 0 Å². The number of rotatable bonds is 2. The molecule has 0 aromatic heterocycles. The van der Waals surface area contributed by atoms with Crippen LogP contribution in [0.1, 0.15) is 18.5 Å². The van der Waals surface area contributed by atoms with Crippen molar-refractivity contribution in [2.75, 3.05) is 29.5 Å². The first-order valence-corrected chi connectivity index (χ1v) is 7.11. The van der Waals surface area contributed by atoms with Gasteiger partial charge in [-0.05, 0) is 24.6 Å². The predicted molar refractivity (Wildman–Crippen MR) is 69.1 cm³/mol. The van der Waals surface area contributed by atoms with E-state index in [1.807, 2.05) is 6.92 Å². The minimum absolute atomic E-state index is 0.0860. The van der Waals surface area contributed by atoms with Crippen molar-refractivity contribution in [2.45, 2.75) is 13.0 Å². The third-order valence-electron chi connectivity index (χ3n) is 2.96. The van der Waals surface area contributed by atoms with Gasteiger partial charge in [0.15, 0.2) is 0 Å². The molecule has 0 amide bonds. The molecule has 0 saturated carbocycles. The minimum atomic E-state index is -0.608. The van der Waals surface area contributed by atoms with Gasteiger partial charge in [0, 0.05) is 47.1 Å². The molecule has 1 aliphatic rings. The molecule has 0 bridgehead atoms. The molecule has 0 unspecified atom stereocenters. The molecular formula is C12H18N2OS. The summed E-state index contributed by atoms with van der Waals surface area (Å²) in [5.41, 5.74) is 8.17. The zero-order chi connectivity index (χ0) is 11.5. The van der Waals surface area contributed by atoms with E-state index in [0.717, 1.165) is 30.2 Å². The second-order valence-corrected chi connectivity index (χ2v) is 5.91. The Morgan fingerprint density at radius 3 is 2.31 bits per heavy atom. The number of anilines is 1. The van der Waals surface area contributed by atoms with E-state index >= 15 is 0 Å². The highest BCUT2D eigenvalue weighted by molar-refractivity contribution is 7.85. The predicted octanol–water partition coefficient (Wildman–Crippen LogP) is 1.27. The fraction of sp³-hybridized carbons (Fsp3) is 0.500. The molecule has 2 N–H and O–H groups in total. The third-order valence-corrected chi connectivity index (χ3v) is 4.24. The fourth-order valence-electron chi connectivity index (χ4n) is 1.88. The maximum atomic E-state index is 11.3. The molecule has 1 aromatic carbocycles. The lowest BCUT2D eigenvalue weighted by Crippen LogP contribution is -2.37. The van der Waals surface area contributed by atoms with Crippen molar-refractivity contribution in [3.05, 3.63) is 29.8 Å². The van der Waals surface area contributed by atoms with Crippen molar-refractivity contribution in [3.8, 4) is 0 Å². The van der Waals surface area contributed by atoms with Crippen LogP contribution in [0.5, 0.6) is 0 Å². The van der Waals surface area contributed by atoms with Crippen LogP contribution in [0.4, 0.5) is 5.69 Å². The summed E-state index contributed by atoms with van der Waals surface area (Å²) in [5.74, 6) is 1.57. The van der Waals surface area contributed by atoms with Gasteiger partial charge in [0.1, 0.15) is 0 Å². The molecule has 1 heterocycles. The van der Waals surface area contributed by atoms with Gasteiger partial charge < -0.3 is 10.6 Å². The van der Waals surface area contributed by atoms with E-state index < -0.39 is 10.8 Å². The van der Waals surface area contributed by atoms with Gasteiger partial charge in [-0.3, -0.25) is 4.21 Å². The number of hydrogen-bond donors (Lipinski definition) is 1. The summed E-state index contributed by atoms with van der Waals surface area (Å²) >= 11 is 0. The maximum Gasteiger partial charge on any atom is 0.0411 e. The first-order chi connectivity index (χ1) is 7.66. The molecular weight excluding hydrogens is 220 g/mol. The molecule has 4 heteroatoms. The van der Waals surface area contributed by atoms with E-state index in [0.29, 0.717) is 0 Å². The van der Waals surface area contributed by atoms with E-state index in [9.17, 15) is 4.21 Å². The maximum absolute atomic E-state index is 11.3. The zero-order valence-electron chi connectivity index (χ0n) is 9.56. The normalized spacial score (nSPS) is 19.8. The standard InChI is InChI=1S/C12H18N2OS/c1-10(13)11-2-4-12(5-3-11)14-6-8-16(15)9-7-14/h2-5,10H,6-9,13H2,1H3/t10-/m0/s1. The molecule has 1 fully saturated rings. The highest BCUT2D eigenvalue weighted by Gasteiger charge is 2.15. The number of nitrogens with zero attached hydrogens (tertiary/aromatic N) is 1. The van der Waals surface area contributed by atoms with Crippen molar-refractivity contribution in [3.63, 3.8) is 0 Å². The van der Waals surface area contributed by atoms with Gasteiger partial charge >= 0.3 is 0 Å². The molecule has 0 radical (unpaired) electrons. The Kier molecular flexibility index (Phi) is 3.61. The van der Waals surface area contributed by atoms with E-state index in [1.54, 1.807) is 0 Å². The summed E-state index contributed by atoms with van der Waals surface area (Å²) in [7, 11) is -0.608. The minimum Gasteiger partial charge on any atom is -0.370 e. The Labute approximate surface area is 99.1 Å². The number of nitrogens with two attached hydrogens (primary N) is 1. The Hall–Kier alpha value is -0.870. The van der Waals surface area contributed by atoms with Crippen LogP contribution in [0, 0.1) is 0 Å². The SMILES string of the molecule is C[C@H](N)c1ccc(N2CCS(=O)CC2)cc1. The smallest absolute Gasteiger partial charge is 0.0411 e. The van der Waals surface area contributed by atoms with Crippen LogP contribution in [0.3, 0.4) is 0 Å². The molecule has 0 aliphatic carbocycles. The molecule has 16 heavy (non-hydrogen) atoms. The van der Waals surface area contributed by atoms with Crippen LogP contribution in [0.15, 0.2) is 24.3 Å². The van der Waals surface area contributed by atoms with E-state index in [2.05, 4.69) is 29.2 Å². The van der Waals surface area contributed by atoms with Crippen LogP contribution >= 0.6 is 0 Å². The van der Waals surface area contributed by atoms with E-state index in [1.165, 1.54) is 5.69 Å². The van der Waals surface area contributed by atoms with Crippen LogP contribution < -0.4 is 10.6 Å². The molecule has 88 valence electrons. The van der Waals surface area contributed by atoms with Crippen molar-refractivity contribution < 1.29 is 4.21 Å². The van der Waals surface area contributed by atoms with Gasteiger partial charge in [0.05, 0.1) is 0 Å². The Morgan fingerprint density at radius 1 is 1.25 bits per heavy atom. The summed E-state index contributed by atoms with van der Waals surface area (Å²) in [5, 5.41) is 0. The van der Waals surface area contributed by atoms with Gasteiger partial charge in [-0.2, -0.15) is 0 Å². The zero-order valence-corrected chi connectivity index (χ0v) is 10.4. The first-order valence-electron chi connectivity index (χ1n) is 5.62. The van der Waals surface area contributed by atoms with Gasteiger partial charge in [0.25, 0.3) is 0 Å². The quantitative estimate of drug-likeness (QED) is 0.844. The lowest BCUT2D eigenvalue weighted by atomic mass is 10.1. The third kappa shape index (κ3) is 2.62. The molecule has 3 nitrogen and oxygen atoms in total. The van der Waals surface area contributed by atoms with Crippen LogP contribution in [-0.2, 0) is 10.8 Å². The lowest BCUT2D eigenvalue weighted by Gasteiger charge is -2.28. The highest BCUT2D eigenvalue weighted by Crippen LogP contribution is 2.19. The lowest BCUT2D eigenvalue weighted by molar-refractivity contribution is 0.673. The van der Waals surface area contributed by atoms with Gasteiger partial charge in [-0.15, -0.1) is 0 Å². The second-order valence-electron chi connectivity index (χ2n) is 4.22. The topological polar surface area (TPSA) is 46.3 Å². The average molecular weight is 238 g/mol. The fourth-order valence-corrected chi connectivity index (χ4v) is 2.94. The Balaban J connectivity index is 2.07. The van der Waals surface area contributed by atoms with Crippen molar-refractivity contribution in [2.24, 2.45) is 5.73 Å². The van der Waals surface area contributed by atoms with Crippen molar-refractivity contribution >= 4 is 16.5 Å². The second kappa shape index (κ2) is 4.97. The van der Waals surface area contributed by atoms with Crippen molar-refractivity contribution in [1.29, 1.82) is 0 Å². The summed E-state index contributed by atoms with van der Waals surface area (Å²) in [4.78, 5) is 2.28. The van der Waals surface area contributed by atoms with Crippen molar-refractivity contribution in [1.82, 2.24) is 0 Å². The Morgan fingerprint density at radius 2 is 1.81 bits per heavy atom. The average Bonchev–Trinajstić information content (AvgIpc) is 2.30. The summed E-state index contributed by atoms with van der Waals surface area (Å²) < 4.78 is 11.3. The van der Waals surface area contributed by atoms with E-state index in [-0.39, 0.29) is 6.04 Å². The first kappa shape index (κ1) is 11.6. The van der Waals surface area contributed by atoms with Crippen LogP contribution in [-0.4, -0.2) is 28.8 Å². The molecule has 1 aromatic rings. The summed E-state index contributed by atoms with van der Waals surface area (Å²) in [6, 6.07) is 8.44. The highest BCUT2D eigenvalue weighted by atomic mass is 32.2. The summed E-state index contributed by atoms with van der Waals surface area (Å²) in [6.45, 7) is 3.77. The molecule has 2 rings (SSSR count).